The Hall–Kier alpha value is -4.48. The van der Waals surface area contributed by atoms with E-state index in [0.29, 0.717) is 12.8 Å². The van der Waals surface area contributed by atoms with Crippen LogP contribution in [-0.4, -0.2) is 53.1 Å². The van der Waals surface area contributed by atoms with Gasteiger partial charge >= 0.3 is 24.6 Å². The molecular weight excluding hydrogens is 504 g/mol. The van der Waals surface area contributed by atoms with Crippen molar-refractivity contribution < 1.29 is 57.1 Å². The summed E-state index contributed by atoms with van der Waals surface area (Å²) in [6.07, 6.45) is -2.69. The first kappa shape index (κ1) is 29.7. The van der Waals surface area contributed by atoms with Gasteiger partial charge in [-0.3, -0.25) is 0 Å². The fraction of sp³-hybridized carbons (Fsp3) is 0.385. The summed E-state index contributed by atoms with van der Waals surface area (Å²) in [7, 11) is 4.63. The lowest BCUT2D eigenvalue weighted by atomic mass is 9.85. The Morgan fingerprint density at radius 2 is 0.816 bits per heavy atom. The molecule has 0 heterocycles. The maximum Gasteiger partial charge on any atom is 0.513 e. The van der Waals surface area contributed by atoms with E-state index in [0.717, 1.165) is 39.6 Å². The molecule has 38 heavy (non-hydrogen) atoms. The summed E-state index contributed by atoms with van der Waals surface area (Å²) in [5, 5.41) is 0. The second-order valence-electron chi connectivity index (χ2n) is 8.15. The number of hydrogen-bond acceptors (Lipinski definition) is 12. The number of rotatable bonds is 9. The lowest BCUT2D eigenvalue weighted by Gasteiger charge is -2.21. The Kier molecular flexibility index (Phi) is 11.2. The minimum absolute atomic E-state index is 0.000833. The molecule has 0 aliphatic heterocycles. The van der Waals surface area contributed by atoms with E-state index in [-0.39, 0.29) is 34.8 Å². The molecule has 0 fully saturated rings. The standard InChI is InChI=1S/C26H30O12/c1-15(11-17-7-9-19(35-23(27)31-3)21(13-17)37-25(29)33-5)16(2)12-18-8-10-20(36-24(28)32-4)22(14-18)38-26(30)34-6/h7-10,13-16H,11-12H2,1-6H3. The number of hydrogen-bond donors (Lipinski definition) is 0. The van der Waals surface area contributed by atoms with E-state index in [9.17, 15) is 19.2 Å². The summed E-state index contributed by atoms with van der Waals surface area (Å²) in [5.74, 6) is 0.266. The first-order chi connectivity index (χ1) is 18.1. The zero-order valence-corrected chi connectivity index (χ0v) is 21.9. The fourth-order valence-electron chi connectivity index (χ4n) is 3.36. The number of carbonyl (C=O) groups excluding carboxylic acids is 4. The molecule has 12 nitrogen and oxygen atoms in total. The highest BCUT2D eigenvalue weighted by Gasteiger charge is 2.20. The van der Waals surface area contributed by atoms with Gasteiger partial charge in [-0.2, -0.15) is 0 Å². The summed E-state index contributed by atoms with van der Waals surface area (Å²) in [5.41, 5.74) is 1.63. The Bertz CT molecular complexity index is 1050. The summed E-state index contributed by atoms with van der Waals surface area (Å²) in [6, 6.07) is 9.65. The van der Waals surface area contributed by atoms with Crippen molar-refractivity contribution in [2.45, 2.75) is 26.7 Å². The van der Waals surface area contributed by atoms with E-state index in [1.807, 2.05) is 13.8 Å². The van der Waals surface area contributed by atoms with Gasteiger partial charge in [-0.05, 0) is 60.1 Å². The van der Waals surface area contributed by atoms with Crippen molar-refractivity contribution in [2.24, 2.45) is 11.8 Å². The van der Waals surface area contributed by atoms with E-state index in [1.165, 1.54) is 12.1 Å². The summed E-state index contributed by atoms with van der Waals surface area (Å²) in [6.45, 7) is 4.09. The lowest BCUT2D eigenvalue weighted by molar-refractivity contribution is 0.110. The number of benzene rings is 2. The predicted molar refractivity (Wildman–Crippen MR) is 131 cm³/mol. The van der Waals surface area contributed by atoms with Crippen LogP contribution in [0.25, 0.3) is 0 Å². The maximum atomic E-state index is 11.7. The van der Waals surface area contributed by atoms with Crippen molar-refractivity contribution in [3.8, 4) is 23.0 Å². The molecule has 0 aliphatic rings. The van der Waals surface area contributed by atoms with Crippen molar-refractivity contribution in [1.29, 1.82) is 0 Å². The van der Waals surface area contributed by atoms with Gasteiger partial charge in [-0.25, -0.2) is 19.2 Å². The van der Waals surface area contributed by atoms with Gasteiger partial charge in [-0.15, -0.1) is 0 Å². The van der Waals surface area contributed by atoms with Crippen LogP contribution in [0.1, 0.15) is 25.0 Å². The molecule has 12 heteroatoms. The topological polar surface area (TPSA) is 142 Å². The molecule has 0 spiro atoms. The van der Waals surface area contributed by atoms with Crippen molar-refractivity contribution in [2.75, 3.05) is 28.4 Å². The lowest BCUT2D eigenvalue weighted by Crippen LogP contribution is -2.15. The third kappa shape index (κ3) is 8.87. The predicted octanol–water partition coefficient (Wildman–Crippen LogP) is 5.32. The molecule has 0 saturated carbocycles. The molecule has 0 aliphatic carbocycles. The Balaban J connectivity index is 2.18. The van der Waals surface area contributed by atoms with Crippen molar-refractivity contribution in [3.05, 3.63) is 47.5 Å². The molecule has 0 N–H and O–H groups in total. The van der Waals surface area contributed by atoms with Crippen LogP contribution in [0.2, 0.25) is 0 Å². The van der Waals surface area contributed by atoms with E-state index in [4.69, 9.17) is 18.9 Å². The van der Waals surface area contributed by atoms with Gasteiger partial charge in [0, 0.05) is 0 Å². The molecule has 0 aromatic heterocycles. The fourth-order valence-corrected chi connectivity index (χ4v) is 3.36. The Labute approximate surface area is 219 Å². The van der Waals surface area contributed by atoms with Crippen LogP contribution in [0, 0.1) is 11.8 Å². The SMILES string of the molecule is COC(=O)Oc1ccc(CC(C)C(C)Cc2ccc(OC(=O)OC)c(OC(=O)OC)c2)cc1OC(=O)OC. The summed E-state index contributed by atoms with van der Waals surface area (Å²) >= 11 is 0. The largest absolute Gasteiger partial charge is 0.513 e. The van der Waals surface area contributed by atoms with Gasteiger partial charge in [0.05, 0.1) is 28.4 Å². The van der Waals surface area contributed by atoms with Crippen LogP contribution in [-0.2, 0) is 31.8 Å². The van der Waals surface area contributed by atoms with E-state index >= 15 is 0 Å². The zero-order chi connectivity index (χ0) is 28.2. The van der Waals surface area contributed by atoms with Gasteiger partial charge in [0.15, 0.2) is 23.0 Å². The monoisotopic (exact) mass is 534 g/mol. The van der Waals surface area contributed by atoms with Crippen LogP contribution >= 0.6 is 0 Å². The van der Waals surface area contributed by atoms with Crippen LogP contribution in [0.5, 0.6) is 23.0 Å². The molecular formula is C26H30O12. The first-order valence-corrected chi connectivity index (χ1v) is 11.4. The van der Waals surface area contributed by atoms with Gasteiger partial charge in [0.25, 0.3) is 0 Å². The smallest absolute Gasteiger partial charge is 0.437 e. The first-order valence-electron chi connectivity index (χ1n) is 11.4. The minimum atomic E-state index is -0.970. The quantitative estimate of drug-likeness (QED) is 0.233. The van der Waals surface area contributed by atoms with Crippen molar-refractivity contribution in [1.82, 2.24) is 0 Å². The molecule has 2 rings (SSSR count). The average Bonchev–Trinajstić information content (AvgIpc) is 2.90. The van der Waals surface area contributed by atoms with E-state index < -0.39 is 24.6 Å². The number of ether oxygens (including phenoxy) is 8. The number of methoxy groups -OCH3 is 4. The highest BCUT2D eigenvalue weighted by molar-refractivity contribution is 5.70. The van der Waals surface area contributed by atoms with Gasteiger partial charge in [0.1, 0.15) is 0 Å². The highest BCUT2D eigenvalue weighted by atomic mass is 16.8. The molecule has 0 amide bonds. The minimum Gasteiger partial charge on any atom is -0.437 e. The third-order valence-electron chi connectivity index (χ3n) is 5.54. The number of carbonyl (C=O) groups is 4. The van der Waals surface area contributed by atoms with Gasteiger partial charge in [-0.1, -0.05) is 26.0 Å². The molecule has 2 aromatic rings. The highest BCUT2D eigenvalue weighted by Crippen LogP contribution is 2.33. The molecule has 2 unspecified atom stereocenters. The average molecular weight is 535 g/mol. The maximum absolute atomic E-state index is 11.7. The van der Waals surface area contributed by atoms with Gasteiger partial charge < -0.3 is 37.9 Å². The molecule has 0 saturated heterocycles. The second-order valence-corrected chi connectivity index (χ2v) is 8.15. The molecule has 2 aromatic carbocycles. The molecule has 2 atom stereocenters. The van der Waals surface area contributed by atoms with Gasteiger partial charge in [0.2, 0.25) is 0 Å². The van der Waals surface area contributed by atoms with Crippen molar-refractivity contribution in [3.63, 3.8) is 0 Å². The summed E-state index contributed by atoms with van der Waals surface area (Å²) in [4.78, 5) is 46.4. The Morgan fingerprint density at radius 1 is 0.526 bits per heavy atom. The van der Waals surface area contributed by atoms with Crippen molar-refractivity contribution >= 4 is 24.6 Å². The molecule has 206 valence electrons. The van der Waals surface area contributed by atoms with Crippen LogP contribution in [0.4, 0.5) is 19.2 Å². The zero-order valence-electron chi connectivity index (χ0n) is 21.9. The van der Waals surface area contributed by atoms with Crippen LogP contribution < -0.4 is 18.9 Å². The third-order valence-corrected chi connectivity index (χ3v) is 5.54. The van der Waals surface area contributed by atoms with E-state index in [2.05, 4.69) is 18.9 Å². The summed E-state index contributed by atoms with van der Waals surface area (Å²) < 4.78 is 38.4. The molecule has 0 bridgehead atoms. The van der Waals surface area contributed by atoms with Crippen LogP contribution in [0.3, 0.4) is 0 Å². The second kappa shape index (κ2) is 14.3. The normalized spacial score (nSPS) is 11.8. The van der Waals surface area contributed by atoms with Crippen LogP contribution in [0.15, 0.2) is 36.4 Å². The van der Waals surface area contributed by atoms with E-state index in [1.54, 1.807) is 24.3 Å². The molecule has 0 radical (unpaired) electrons. The Morgan fingerprint density at radius 3 is 1.11 bits per heavy atom.